The zero-order chi connectivity index (χ0) is 13.9. The van der Waals surface area contributed by atoms with Crippen LogP contribution in [0.4, 0.5) is 0 Å². The maximum atomic E-state index is 6.26. The minimum absolute atomic E-state index is 0.366. The van der Waals surface area contributed by atoms with E-state index in [2.05, 4.69) is 30.2 Å². The average Bonchev–Trinajstić information content (AvgIpc) is 3.26. The van der Waals surface area contributed by atoms with Crippen LogP contribution in [0.2, 0.25) is 0 Å². The van der Waals surface area contributed by atoms with Gasteiger partial charge in [0.25, 0.3) is 0 Å². The summed E-state index contributed by atoms with van der Waals surface area (Å²) in [4.78, 5) is 4.23. The first-order valence-electron chi connectivity index (χ1n) is 8.05. The number of rotatable bonds is 5. The summed E-state index contributed by atoms with van der Waals surface area (Å²) in [6.07, 6.45) is 10.4. The Balaban J connectivity index is 1.61. The van der Waals surface area contributed by atoms with Crippen molar-refractivity contribution in [2.45, 2.75) is 64.6 Å². The first kappa shape index (κ1) is 13.9. The van der Waals surface area contributed by atoms with Gasteiger partial charge in [-0.1, -0.05) is 13.8 Å². The van der Waals surface area contributed by atoms with Gasteiger partial charge in [-0.15, -0.1) is 0 Å². The van der Waals surface area contributed by atoms with Crippen LogP contribution in [0, 0.1) is 11.8 Å². The lowest BCUT2D eigenvalue weighted by Crippen LogP contribution is -2.29. The van der Waals surface area contributed by atoms with Gasteiger partial charge in [0, 0.05) is 24.3 Å². The molecule has 2 saturated carbocycles. The number of pyridine rings is 1. The Bertz CT molecular complexity index is 444. The molecular weight excluding hydrogens is 248 g/mol. The molecule has 1 N–H and O–H groups in total. The van der Waals surface area contributed by atoms with Crippen molar-refractivity contribution in [2.75, 3.05) is 0 Å². The van der Waals surface area contributed by atoms with Crippen LogP contribution in [0.1, 0.15) is 51.5 Å². The lowest BCUT2D eigenvalue weighted by atomic mass is 9.80. The van der Waals surface area contributed by atoms with E-state index in [9.17, 15) is 0 Å². The highest BCUT2D eigenvalue weighted by molar-refractivity contribution is 5.30. The molecule has 2 aliphatic carbocycles. The normalized spacial score (nSPS) is 30.2. The highest BCUT2D eigenvalue weighted by atomic mass is 16.5. The molecule has 110 valence electrons. The molecule has 3 unspecified atom stereocenters. The van der Waals surface area contributed by atoms with Crippen molar-refractivity contribution < 1.29 is 4.74 Å². The Kier molecular flexibility index (Phi) is 4.25. The summed E-state index contributed by atoms with van der Waals surface area (Å²) in [5.74, 6) is 2.57. The SMILES string of the molecule is CC1CCC(Oc2cnccc2CNC2CC2)CC1C. The van der Waals surface area contributed by atoms with Crippen molar-refractivity contribution in [3.8, 4) is 5.75 Å². The summed E-state index contributed by atoms with van der Waals surface area (Å²) < 4.78 is 6.26. The number of nitrogens with one attached hydrogen (secondary N) is 1. The first-order chi connectivity index (χ1) is 9.72. The molecule has 3 atom stereocenters. The van der Waals surface area contributed by atoms with E-state index >= 15 is 0 Å². The van der Waals surface area contributed by atoms with E-state index in [1.165, 1.54) is 37.7 Å². The maximum absolute atomic E-state index is 6.26. The van der Waals surface area contributed by atoms with E-state index in [-0.39, 0.29) is 0 Å². The van der Waals surface area contributed by atoms with Gasteiger partial charge in [-0.2, -0.15) is 0 Å². The molecule has 3 heteroatoms. The van der Waals surface area contributed by atoms with Crippen LogP contribution in [-0.2, 0) is 6.54 Å². The topological polar surface area (TPSA) is 34.1 Å². The zero-order valence-corrected chi connectivity index (χ0v) is 12.6. The molecule has 0 aromatic carbocycles. The van der Waals surface area contributed by atoms with Gasteiger partial charge in [-0.05, 0) is 50.0 Å². The van der Waals surface area contributed by atoms with E-state index in [1.807, 2.05) is 12.4 Å². The number of nitrogens with zero attached hydrogens (tertiary/aromatic N) is 1. The Hall–Kier alpha value is -1.09. The molecule has 0 amide bonds. The molecule has 2 fully saturated rings. The van der Waals surface area contributed by atoms with Crippen LogP contribution < -0.4 is 10.1 Å². The Morgan fingerprint density at radius 3 is 2.80 bits per heavy atom. The molecule has 1 aromatic heterocycles. The van der Waals surface area contributed by atoms with Crippen LogP contribution >= 0.6 is 0 Å². The first-order valence-corrected chi connectivity index (χ1v) is 8.05. The fourth-order valence-corrected chi connectivity index (χ4v) is 2.99. The molecule has 1 aromatic rings. The van der Waals surface area contributed by atoms with Crippen LogP contribution in [0.25, 0.3) is 0 Å². The van der Waals surface area contributed by atoms with Gasteiger partial charge in [0.2, 0.25) is 0 Å². The van der Waals surface area contributed by atoms with Crippen molar-refractivity contribution in [1.82, 2.24) is 10.3 Å². The monoisotopic (exact) mass is 274 g/mol. The van der Waals surface area contributed by atoms with Crippen LogP contribution in [-0.4, -0.2) is 17.1 Å². The predicted molar refractivity (Wildman–Crippen MR) is 80.7 cm³/mol. The molecule has 3 rings (SSSR count). The van der Waals surface area contributed by atoms with Crippen LogP contribution in [0.15, 0.2) is 18.5 Å². The molecule has 0 spiro atoms. The second kappa shape index (κ2) is 6.13. The van der Waals surface area contributed by atoms with Crippen molar-refractivity contribution >= 4 is 0 Å². The fraction of sp³-hybridized carbons (Fsp3) is 0.706. The van der Waals surface area contributed by atoms with Crippen molar-refractivity contribution in [3.05, 3.63) is 24.0 Å². The van der Waals surface area contributed by atoms with Gasteiger partial charge in [0.05, 0.1) is 12.3 Å². The quantitative estimate of drug-likeness (QED) is 0.892. The Morgan fingerprint density at radius 2 is 2.05 bits per heavy atom. The second-order valence-corrected chi connectivity index (χ2v) is 6.65. The standard InChI is InChI=1S/C17H26N2O/c1-12-3-6-16(9-13(12)2)20-17-11-18-8-7-14(17)10-19-15-4-5-15/h7-8,11-13,15-16,19H,3-6,9-10H2,1-2H3. The smallest absolute Gasteiger partial charge is 0.142 e. The fourth-order valence-electron chi connectivity index (χ4n) is 2.99. The molecule has 20 heavy (non-hydrogen) atoms. The van der Waals surface area contributed by atoms with Crippen LogP contribution in [0.3, 0.4) is 0 Å². The molecule has 2 aliphatic rings. The second-order valence-electron chi connectivity index (χ2n) is 6.65. The Morgan fingerprint density at radius 1 is 1.20 bits per heavy atom. The summed E-state index contributed by atoms with van der Waals surface area (Å²) in [5, 5.41) is 3.56. The molecule has 1 heterocycles. The summed E-state index contributed by atoms with van der Waals surface area (Å²) in [7, 11) is 0. The highest BCUT2D eigenvalue weighted by Crippen LogP contribution is 2.32. The number of ether oxygens (including phenoxy) is 1. The third kappa shape index (κ3) is 3.51. The van der Waals surface area contributed by atoms with Crippen molar-refractivity contribution in [1.29, 1.82) is 0 Å². The molecule has 3 nitrogen and oxygen atoms in total. The lowest BCUT2D eigenvalue weighted by Gasteiger charge is -2.32. The number of hydrogen-bond donors (Lipinski definition) is 1. The van der Waals surface area contributed by atoms with Crippen molar-refractivity contribution in [3.63, 3.8) is 0 Å². The third-order valence-corrected chi connectivity index (χ3v) is 4.87. The molecule has 0 bridgehead atoms. The third-order valence-electron chi connectivity index (χ3n) is 4.87. The number of hydrogen-bond acceptors (Lipinski definition) is 3. The van der Waals surface area contributed by atoms with E-state index in [4.69, 9.17) is 4.74 Å². The van der Waals surface area contributed by atoms with Gasteiger partial charge in [-0.25, -0.2) is 0 Å². The lowest BCUT2D eigenvalue weighted by molar-refractivity contribution is 0.0992. The van der Waals surface area contributed by atoms with E-state index in [0.717, 1.165) is 30.2 Å². The highest BCUT2D eigenvalue weighted by Gasteiger charge is 2.26. The van der Waals surface area contributed by atoms with Gasteiger partial charge in [0.15, 0.2) is 0 Å². The summed E-state index contributed by atoms with van der Waals surface area (Å²) in [6, 6.07) is 2.81. The largest absolute Gasteiger partial charge is 0.488 e. The predicted octanol–water partition coefficient (Wildman–Crippen LogP) is 3.54. The molecule has 0 saturated heterocycles. The van der Waals surface area contributed by atoms with Gasteiger partial charge >= 0.3 is 0 Å². The van der Waals surface area contributed by atoms with E-state index in [0.29, 0.717) is 6.10 Å². The van der Waals surface area contributed by atoms with E-state index < -0.39 is 0 Å². The number of aromatic nitrogens is 1. The van der Waals surface area contributed by atoms with Gasteiger partial charge in [-0.3, -0.25) is 4.98 Å². The summed E-state index contributed by atoms with van der Waals surface area (Å²) in [6.45, 7) is 5.61. The summed E-state index contributed by atoms with van der Waals surface area (Å²) in [5.41, 5.74) is 1.25. The maximum Gasteiger partial charge on any atom is 0.142 e. The minimum atomic E-state index is 0.366. The van der Waals surface area contributed by atoms with Gasteiger partial charge in [0.1, 0.15) is 5.75 Å². The van der Waals surface area contributed by atoms with E-state index in [1.54, 1.807) is 0 Å². The van der Waals surface area contributed by atoms with Crippen molar-refractivity contribution in [2.24, 2.45) is 11.8 Å². The van der Waals surface area contributed by atoms with Crippen LogP contribution in [0.5, 0.6) is 5.75 Å². The molecular formula is C17H26N2O. The Labute approximate surface area is 122 Å². The van der Waals surface area contributed by atoms with Gasteiger partial charge < -0.3 is 10.1 Å². The minimum Gasteiger partial charge on any atom is -0.488 e. The molecule has 0 aliphatic heterocycles. The summed E-state index contributed by atoms with van der Waals surface area (Å²) >= 11 is 0. The zero-order valence-electron chi connectivity index (χ0n) is 12.6. The molecule has 0 radical (unpaired) electrons. The average molecular weight is 274 g/mol.